The van der Waals surface area contributed by atoms with Crippen LogP contribution in [0.15, 0.2) is 41.9 Å². The van der Waals surface area contributed by atoms with E-state index in [4.69, 9.17) is 21.3 Å². The fourth-order valence-electron chi connectivity index (χ4n) is 4.49. The molecule has 33 heavy (non-hydrogen) atoms. The minimum absolute atomic E-state index is 0.213. The number of ether oxygens (including phenoxy) is 1. The van der Waals surface area contributed by atoms with Crippen LogP contribution in [0, 0.1) is 0 Å². The van der Waals surface area contributed by atoms with Crippen molar-refractivity contribution in [2.75, 3.05) is 25.9 Å². The summed E-state index contributed by atoms with van der Waals surface area (Å²) in [5.74, 6) is 0.221. The fraction of sp³-hybridized carbons (Fsp3) is 0.318. The number of hydrogen-bond donors (Lipinski definition) is 4. The van der Waals surface area contributed by atoms with Crippen molar-refractivity contribution in [2.45, 2.75) is 24.4 Å². The van der Waals surface area contributed by atoms with E-state index in [9.17, 15) is 4.79 Å². The standard InChI is InChI=1S/C22H25N9O2/c1-33-16-10-13(2-3-15(16)22(21(24)32)11-26-8-9-29-22)18-17-19(23)27-12-28-20(17)31(30-18)14-4-6-25-7-5-14/h2-3,8-12,14,25,29H,4-7H2,1H3,(H2,24,32)(H2,23,27,28). The van der Waals surface area contributed by atoms with Crippen molar-refractivity contribution >= 4 is 29.0 Å². The van der Waals surface area contributed by atoms with E-state index in [0.29, 0.717) is 33.9 Å². The molecule has 0 spiro atoms. The Balaban J connectivity index is 1.66. The Morgan fingerprint density at radius 1 is 1.27 bits per heavy atom. The van der Waals surface area contributed by atoms with E-state index in [-0.39, 0.29) is 6.04 Å². The van der Waals surface area contributed by atoms with Crippen LogP contribution >= 0.6 is 0 Å². The van der Waals surface area contributed by atoms with E-state index >= 15 is 0 Å². The smallest absolute Gasteiger partial charge is 0.253 e. The highest BCUT2D eigenvalue weighted by molar-refractivity contribution is 6.05. The van der Waals surface area contributed by atoms with Crippen LogP contribution in [0.5, 0.6) is 5.75 Å². The fourth-order valence-corrected chi connectivity index (χ4v) is 4.49. The van der Waals surface area contributed by atoms with Crippen LogP contribution in [0.25, 0.3) is 22.3 Å². The number of piperidine rings is 1. The first kappa shape index (κ1) is 20.9. The number of nitrogens with two attached hydrogens (primary N) is 2. The Bertz CT molecular complexity index is 1280. The van der Waals surface area contributed by atoms with Gasteiger partial charge in [-0.3, -0.25) is 9.79 Å². The van der Waals surface area contributed by atoms with Gasteiger partial charge in [0.05, 0.1) is 18.5 Å². The second-order valence-corrected chi connectivity index (χ2v) is 8.06. The molecule has 3 aromatic rings. The number of carbonyl (C=O) groups excluding carboxylic acids is 1. The van der Waals surface area contributed by atoms with Gasteiger partial charge in [-0.25, -0.2) is 14.6 Å². The third-order valence-corrected chi connectivity index (χ3v) is 6.20. The number of benzene rings is 1. The van der Waals surface area contributed by atoms with Gasteiger partial charge in [-0.05, 0) is 32.0 Å². The summed E-state index contributed by atoms with van der Waals surface area (Å²) in [6.45, 7) is 1.84. The summed E-state index contributed by atoms with van der Waals surface area (Å²) in [7, 11) is 1.54. The number of carbonyl (C=O) groups is 1. The molecule has 2 aliphatic heterocycles. The van der Waals surface area contributed by atoms with Crippen LogP contribution < -0.4 is 26.8 Å². The second-order valence-electron chi connectivity index (χ2n) is 8.06. The highest BCUT2D eigenvalue weighted by Crippen LogP contribution is 2.38. The Morgan fingerprint density at radius 3 is 2.79 bits per heavy atom. The number of methoxy groups -OCH3 is 1. The molecule has 5 rings (SSSR count). The lowest BCUT2D eigenvalue weighted by Gasteiger charge is -2.30. The van der Waals surface area contributed by atoms with Gasteiger partial charge in [0.15, 0.2) is 11.2 Å². The van der Waals surface area contributed by atoms with Crippen molar-refractivity contribution in [1.29, 1.82) is 0 Å². The summed E-state index contributed by atoms with van der Waals surface area (Å²) in [6.07, 6.45) is 7.95. The van der Waals surface area contributed by atoms with Gasteiger partial charge in [-0.2, -0.15) is 5.10 Å². The predicted octanol–water partition coefficient (Wildman–Crippen LogP) is 0.834. The summed E-state index contributed by atoms with van der Waals surface area (Å²) in [5.41, 5.74) is 13.4. The Hall–Kier alpha value is -3.99. The predicted molar refractivity (Wildman–Crippen MR) is 125 cm³/mol. The molecule has 170 valence electrons. The monoisotopic (exact) mass is 447 g/mol. The number of nitrogens with one attached hydrogen (secondary N) is 2. The number of amides is 1. The minimum atomic E-state index is -1.32. The molecule has 6 N–H and O–H groups in total. The van der Waals surface area contributed by atoms with Gasteiger partial charge in [-0.1, -0.05) is 12.1 Å². The summed E-state index contributed by atoms with van der Waals surface area (Å²) in [6, 6.07) is 5.67. The molecule has 11 nitrogen and oxygen atoms in total. The first-order valence-electron chi connectivity index (χ1n) is 10.7. The maximum Gasteiger partial charge on any atom is 0.253 e. The van der Waals surface area contributed by atoms with Gasteiger partial charge in [0.25, 0.3) is 5.91 Å². The third-order valence-electron chi connectivity index (χ3n) is 6.20. The number of aliphatic imine (C=N–C) groups is 1. The molecule has 2 aliphatic rings. The normalized spacial score (nSPS) is 20.6. The van der Waals surface area contributed by atoms with E-state index in [0.717, 1.165) is 31.5 Å². The van der Waals surface area contributed by atoms with Crippen molar-refractivity contribution in [2.24, 2.45) is 10.7 Å². The molecule has 1 aromatic carbocycles. The SMILES string of the molecule is COc1cc(-c2nn(C3CCNCC3)c3ncnc(N)c23)ccc1C1(C(N)=O)C=NC=CN1. The minimum Gasteiger partial charge on any atom is -0.496 e. The Labute approximate surface area is 189 Å². The van der Waals surface area contributed by atoms with E-state index < -0.39 is 11.4 Å². The molecule has 1 unspecified atom stereocenters. The summed E-state index contributed by atoms with van der Waals surface area (Å²) >= 11 is 0. The molecule has 1 saturated heterocycles. The molecule has 1 amide bonds. The van der Waals surface area contributed by atoms with Crippen molar-refractivity contribution in [1.82, 2.24) is 30.4 Å². The number of nitrogen functional groups attached to an aromatic ring is 1. The number of anilines is 1. The molecule has 0 radical (unpaired) electrons. The zero-order valence-corrected chi connectivity index (χ0v) is 18.2. The van der Waals surface area contributed by atoms with E-state index in [1.807, 2.05) is 16.8 Å². The van der Waals surface area contributed by atoms with Gasteiger partial charge in [0.1, 0.15) is 23.6 Å². The lowest BCUT2D eigenvalue weighted by Crippen LogP contribution is -2.53. The highest BCUT2D eigenvalue weighted by atomic mass is 16.5. The van der Waals surface area contributed by atoms with Gasteiger partial charge in [0.2, 0.25) is 0 Å². The molecule has 1 atom stereocenters. The third kappa shape index (κ3) is 3.37. The number of rotatable bonds is 5. The zero-order chi connectivity index (χ0) is 23.0. The van der Waals surface area contributed by atoms with Crippen LogP contribution in [0.3, 0.4) is 0 Å². The number of nitrogens with zero attached hydrogens (tertiary/aromatic N) is 5. The largest absolute Gasteiger partial charge is 0.496 e. The van der Waals surface area contributed by atoms with Crippen LogP contribution in [0.1, 0.15) is 24.4 Å². The molecular weight excluding hydrogens is 422 g/mol. The van der Waals surface area contributed by atoms with Crippen molar-refractivity contribution < 1.29 is 9.53 Å². The van der Waals surface area contributed by atoms with Crippen LogP contribution in [-0.4, -0.2) is 52.1 Å². The number of primary amides is 1. The van der Waals surface area contributed by atoms with E-state index in [2.05, 4.69) is 25.6 Å². The molecule has 4 heterocycles. The molecule has 0 saturated carbocycles. The van der Waals surface area contributed by atoms with Crippen molar-refractivity contribution in [3.05, 3.63) is 42.5 Å². The van der Waals surface area contributed by atoms with Gasteiger partial charge < -0.3 is 26.8 Å². The quantitative estimate of drug-likeness (QED) is 0.448. The lowest BCUT2D eigenvalue weighted by molar-refractivity contribution is -0.121. The van der Waals surface area contributed by atoms with Gasteiger partial charge in [0, 0.05) is 29.7 Å². The molecule has 1 fully saturated rings. The molecule has 2 aromatic heterocycles. The topological polar surface area (TPSA) is 158 Å². The Morgan fingerprint density at radius 2 is 2.09 bits per heavy atom. The van der Waals surface area contributed by atoms with Crippen LogP contribution in [-0.2, 0) is 10.3 Å². The average Bonchev–Trinajstić information content (AvgIpc) is 3.25. The van der Waals surface area contributed by atoms with Crippen molar-refractivity contribution in [3.63, 3.8) is 0 Å². The van der Waals surface area contributed by atoms with Crippen LogP contribution in [0.4, 0.5) is 5.82 Å². The number of fused-ring (bicyclic) bond motifs is 1. The number of aromatic nitrogens is 4. The Kier molecular flexibility index (Phi) is 5.17. The highest BCUT2D eigenvalue weighted by Gasteiger charge is 2.40. The van der Waals surface area contributed by atoms with E-state index in [1.54, 1.807) is 18.5 Å². The lowest BCUT2D eigenvalue weighted by atomic mass is 9.87. The summed E-state index contributed by atoms with van der Waals surface area (Å²) in [5, 5.41) is 12.0. The summed E-state index contributed by atoms with van der Waals surface area (Å²) < 4.78 is 7.62. The van der Waals surface area contributed by atoms with Gasteiger partial charge >= 0.3 is 0 Å². The molecule has 0 bridgehead atoms. The molecule has 0 aliphatic carbocycles. The average molecular weight is 448 g/mol. The zero-order valence-electron chi connectivity index (χ0n) is 18.2. The first-order valence-corrected chi connectivity index (χ1v) is 10.7. The maximum absolute atomic E-state index is 12.4. The van der Waals surface area contributed by atoms with Crippen LogP contribution in [0.2, 0.25) is 0 Å². The molecule has 11 heteroatoms. The van der Waals surface area contributed by atoms with Gasteiger partial charge in [-0.15, -0.1) is 0 Å². The molecular formula is C22H25N9O2. The maximum atomic E-state index is 12.4. The van der Waals surface area contributed by atoms with Crippen molar-refractivity contribution in [3.8, 4) is 17.0 Å². The van der Waals surface area contributed by atoms with E-state index in [1.165, 1.54) is 19.7 Å². The number of hydrogen-bond acceptors (Lipinski definition) is 9. The summed E-state index contributed by atoms with van der Waals surface area (Å²) in [4.78, 5) is 25.2. The second kappa shape index (κ2) is 8.17. The first-order chi connectivity index (χ1) is 16.0.